The highest BCUT2D eigenvalue weighted by atomic mass is 16.5. The molecule has 23 heavy (non-hydrogen) atoms. The largest absolute Gasteiger partial charge is 0.481 e. The van der Waals surface area contributed by atoms with Gasteiger partial charge in [0.1, 0.15) is 0 Å². The van der Waals surface area contributed by atoms with Crippen LogP contribution in [-0.4, -0.2) is 48.7 Å². The minimum atomic E-state index is -0.830. The van der Waals surface area contributed by atoms with Gasteiger partial charge in [-0.05, 0) is 18.4 Å². The monoisotopic (exact) mass is 317 g/mol. The topological polar surface area (TPSA) is 66.8 Å². The molecule has 2 unspecified atom stereocenters. The van der Waals surface area contributed by atoms with Crippen molar-refractivity contribution in [2.75, 3.05) is 26.8 Å². The van der Waals surface area contributed by atoms with Crippen molar-refractivity contribution in [1.82, 2.24) is 4.90 Å². The summed E-state index contributed by atoms with van der Waals surface area (Å²) in [7, 11) is 1.62. The molecule has 3 rings (SSSR count). The normalized spacial score (nSPS) is 25.9. The standard InChI is InChI=1S/C18H23NO4/c1-23-12-18(8-5-9-18)17(22)19-10-14(15(11-19)16(20)21)13-6-3-2-4-7-13/h2-4,6-7,14-15H,5,8-12H2,1H3,(H,20,21). The van der Waals surface area contributed by atoms with E-state index in [4.69, 9.17) is 4.74 Å². The van der Waals surface area contributed by atoms with Gasteiger partial charge in [-0.1, -0.05) is 36.8 Å². The quantitative estimate of drug-likeness (QED) is 0.903. The smallest absolute Gasteiger partial charge is 0.308 e. The fourth-order valence-corrected chi connectivity index (χ4v) is 3.89. The highest BCUT2D eigenvalue weighted by Crippen LogP contribution is 2.45. The van der Waals surface area contributed by atoms with Crippen LogP contribution in [0.3, 0.4) is 0 Å². The number of carbonyl (C=O) groups is 2. The van der Waals surface area contributed by atoms with Gasteiger partial charge in [0.05, 0.1) is 17.9 Å². The maximum atomic E-state index is 12.9. The molecule has 1 aromatic carbocycles. The van der Waals surface area contributed by atoms with Gasteiger partial charge in [0.25, 0.3) is 0 Å². The van der Waals surface area contributed by atoms with Crippen molar-refractivity contribution < 1.29 is 19.4 Å². The van der Waals surface area contributed by atoms with Crippen LogP contribution < -0.4 is 0 Å². The molecule has 2 atom stereocenters. The number of ether oxygens (including phenoxy) is 1. The third-order valence-corrected chi connectivity index (χ3v) is 5.34. The predicted molar refractivity (Wildman–Crippen MR) is 85.0 cm³/mol. The van der Waals surface area contributed by atoms with E-state index in [2.05, 4.69) is 0 Å². The molecule has 1 amide bonds. The number of carbonyl (C=O) groups excluding carboxylic acids is 1. The van der Waals surface area contributed by atoms with Gasteiger partial charge in [-0.3, -0.25) is 9.59 Å². The Morgan fingerprint density at radius 3 is 2.48 bits per heavy atom. The summed E-state index contributed by atoms with van der Waals surface area (Å²) < 4.78 is 5.25. The number of rotatable bonds is 5. The first-order valence-electron chi connectivity index (χ1n) is 8.13. The van der Waals surface area contributed by atoms with Crippen molar-refractivity contribution in [2.24, 2.45) is 11.3 Å². The first kappa shape index (κ1) is 16.0. The second-order valence-corrected chi connectivity index (χ2v) is 6.74. The van der Waals surface area contributed by atoms with E-state index < -0.39 is 17.3 Å². The summed E-state index contributed by atoms with van der Waals surface area (Å²) in [5.74, 6) is -1.45. The van der Waals surface area contributed by atoms with E-state index in [1.54, 1.807) is 12.0 Å². The number of carboxylic acids is 1. The molecule has 0 aromatic heterocycles. The Bertz CT molecular complexity index is 582. The van der Waals surface area contributed by atoms with Crippen LogP contribution in [0.15, 0.2) is 30.3 Å². The first-order chi connectivity index (χ1) is 11.1. The van der Waals surface area contributed by atoms with Gasteiger partial charge >= 0.3 is 5.97 Å². The predicted octanol–water partition coefficient (Wildman–Crippen LogP) is 2.13. The van der Waals surface area contributed by atoms with Gasteiger partial charge in [0, 0.05) is 26.1 Å². The van der Waals surface area contributed by atoms with Gasteiger partial charge in [0.15, 0.2) is 0 Å². The zero-order valence-corrected chi connectivity index (χ0v) is 13.4. The maximum Gasteiger partial charge on any atom is 0.308 e. The van der Waals surface area contributed by atoms with E-state index in [9.17, 15) is 14.7 Å². The molecule has 1 aromatic rings. The molecule has 0 bridgehead atoms. The van der Waals surface area contributed by atoms with Crippen LogP contribution >= 0.6 is 0 Å². The lowest BCUT2D eigenvalue weighted by Crippen LogP contribution is -2.50. The van der Waals surface area contributed by atoms with Crippen LogP contribution in [-0.2, 0) is 14.3 Å². The zero-order valence-electron chi connectivity index (χ0n) is 13.4. The second kappa shape index (κ2) is 6.32. The Morgan fingerprint density at radius 2 is 1.96 bits per heavy atom. The lowest BCUT2D eigenvalue weighted by molar-refractivity contribution is -0.151. The van der Waals surface area contributed by atoms with E-state index in [0.29, 0.717) is 19.7 Å². The summed E-state index contributed by atoms with van der Waals surface area (Å²) in [6, 6.07) is 9.64. The van der Waals surface area contributed by atoms with Crippen LogP contribution in [0.5, 0.6) is 0 Å². The minimum Gasteiger partial charge on any atom is -0.481 e. The minimum absolute atomic E-state index is 0.0651. The molecule has 1 saturated heterocycles. The molecule has 2 fully saturated rings. The molecule has 0 spiro atoms. The lowest BCUT2D eigenvalue weighted by atomic mass is 9.68. The van der Waals surface area contributed by atoms with E-state index in [-0.39, 0.29) is 11.8 Å². The van der Waals surface area contributed by atoms with Crippen molar-refractivity contribution in [3.8, 4) is 0 Å². The van der Waals surface area contributed by atoms with Crippen LogP contribution in [0.1, 0.15) is 30.7 Å². The van der Waals surface area contributed by atoms with Crippen molar-refractivity contribution in [1.29, 1.82) is 0 Å². The second-order valence-electron chi connectivity index (χ2n) is 6.74. The maximum absolute atomic E-state index is 12.9. The molecular weight excluding hydrogens is 294 g/mol. The third-order valence-electron chi connectivity index (χ3n) is 5.34. The lowest BCUT2D eigenvalue weighted by Gasteiger charge is -2.42. The number of hydrogen-bond donors (Lipinski definition) is 1. The summed E-state index contributed by atoms with van der Waals surface area (Å²) in [5, 5.41) is 9.56. The van der Waals surface area contributed by atoms with Gasteiger partial charge in [-0.25, -0.2) is 0 Å². The number of hydrogen-bond acceptors (Lipinski definition) is 3. The molecule has 5 heteroatoms. The average molecular weight is 317 g/mol. The van der Waals surface area contributed by atoms with Crippen molar-refractivity contribution in [2.45, 2.75) is 25.2 Å². The summed E-state index contributed by atoms with van der Waals surface area (Å²) >= 11 is 0. The van der Waals surface area contributed by atoms with Crippen LogP contribution in [0.2, 0.25) is 0 Å². The number of carboxylic acid groups (broad SMARTS) is 1. The van der Waals surface area contributed by atoms with E-state index in [0.717, 1.165) is 24.8 Å². The van der Waals surface area contributed by atoms with Crippen molar-refractivity contribution >= 4 is 11.9 Å². The molecule has 0 radical (unpaired) electrons. The Balaban J connectivity index is 1.80. The number of benzene rings is 1. The molecule has 1 aliphatic heterocycles. The van der Waals surface area contributed by atoms with Crippen LogP contribution in [0, 0.1) is 11.3 Å². The fraction of sp³-hybridized carbons (Fsp3) is 0.556. The molecular formula is C18H23NO4. The average Bonchev–Trinajstić information content (AvgIpc) is 2.96. The summed E-state index contributed by atoms with van der Waals surface area (Å²) in [4.78, 5) is 26.3. The highest BCUT2D eigenvalue weighted by molar-refractivity contribution is 5.85. The molecule has 1 aliphatic carbocycles. The van der Waals surface area contributed by atoms with E-state index in [1.165, 1.54) is 0 Å². The van der Waals surface area contributed by atoms with Gasteiger partial charge in [0.2, 0.25) is 5.91 Å². The van der Waals surface area contributed by atoms with Crippen LogP contribution in [0.25, 0.3) is 0 Å². The number of methoxy groups -OCH3 is 1. The molecule has 1 heterocycles. The van der Waals surface area contributed by atoms with E-state index in [1.807, 2.05) is 30.3 Å². The Hall–Kier alpha value is -1.88. The number of aliphatic carboxylic acids is 1. The number of likely N-dealkylation sites (tertiary alicyclic amines) is 1. The number of nitrogens with zero attached hydrogens (tertiary/aromatic N) is 1. The molecule has 5 nitrogen and oxygen atoms in total. The molecule has 2 aliphatic rings. The molecule has 124 valence electrons. The number of amides is 1. The summed E-state index contributed by atoms with van der Waals surface area (Å²) in [6.07, 6.45) is 2.71. The van der Waals surface area contributed by atoms with Gasteiger partial charge < -0.3 is 14.7 Å². The zero-order chi connectivity index (χ0) is 16.4. The Labute approximate surface area is 136 Å². The highest BCUT2D eigenvalue weighted by Gasteiger charge is 2.50. The van der Waals surface area contributed by atoms with Crippen molar-refractivity contribution in [3.05, 3.63) is 35.9 Å². The molecule has 1 saturated carbocycles. The summed E-state index contributed by atoms with van der Waals surface area (Å²) in [5.41, 5.74) is 0.563. The third kappa shape index (κ3) is 2.85. The Morgan fingerprint density at radius 1 is 1.26 bits per heavy atom. The van der Waals surface area contributed by atoms with Crippen LogP contribution in [0.4, 0.5) is 0 Å². The SMILES string of the molecule is COCC1(C(=O)N2CC(C(=O)O)C(c3ccccc3)C2)CCC1. The molecule has 1 N–H and O–H groups in total. The van der Waals surface area contributed by atoms with Gasteiger partial charge in [-0.15, -0.1) is 0 Å². The van der Waals surface area contributed by atoms with Gasteiger partial charge in [-0.2, -0.15) is 0 Å². The first-order valence-corrected chi connectivity index (χ1v) is 8.13. The summed E-state index contributed by atoms with van der Waals surface area (Å²) in [6.45, 7) is 1.19. The Kier molecular flexibility index (Phi) is 4.39. The van der Waals surface area contributed by atoms with Crippen molar-refractivity contribution in [3.63, 3.8) is 0 Å². The van der Waals surface area contributed by atoms with E-state index >= 15 is 0 Å². The fourth-order valence-electron chi connectivity index (χ4n) is 3.89.